The van der Waals surface area contributed by atoms with E-state index in [2.05, 4.69) is 66.2 Å². The van der Waals surface area contributed by atoms with Crippen molar-refractivity contribution in [3.05, 3.63) is 34.3 Å². The molecule has 21 heavy (non-hydrogen) atoms. The van der Waals surface area contributed by atoms with Crippen LogP contribution in [0.3, 0.4) is 0 Å². The van der Waals surface area contributed by atoms with E-state index in [0.29, 0.717) is 5.92 Å². The highest BCUT2D eigenvalue weighted by molar-refractivity contribution is 9.10. The van der Waals surface area contributed by atoms with Gasteiger partial charge in [0.2, 0.25) is 5.91 Å². The molecule has 0 aliphatic heterocycles. The summed E-state index contributed by atoms with van der Waals surface area (Å²) in [7, 11) is 4.13. The number of nitrogens with zero attached hydrogens (tertiary/aromatic N) is 1. The van der Waals surface area contributed by atoms with Gasteiger partial charge in [0.05, 0.1) is 0 Å². The third kappa shape index (κ3) is 4.82. The molecule has 116 valence electrons. The van der Waals surface area contributed by atoms with Crippen molar-refractivity contribution in [3.63, 3.8) is 0 Å². The van der Waals surface area contributed by atoms with Crippen molar-refractivity contribution in [1.82, 2.24) is 10.2 Å². The Morgan fingerprint density at radius 2 is 1.95 bits per heavy atom. The third-order valence-corrected chi connectivity index (χ3v) is 4.44. The average Bonchev–Trinajstić information content (AvgIpc) is 3.16. The van der Waals surface area contributed by atoms with Gasteiger partial charge in [-0.1, -0.05) is 41.9 Å². The van der Waals surface area contributed by atoms with Crippen molar-refractivity contribution in [2.75, 3.05) is 27.2 Å². The zero-order valence-corrected chi connectivity index (χ0v) is 14.9. The maximum atomic E-state index is 12.3. The molecule has 1 N–H and O–H groups in total. The summed E-state index contributed by atoms with van der Waals surface area (Å²) in [5, 5.41) is 3.13. The fraction of sp³-hybridized carbons (Fsp3) is 0.588. The highest BCUT2D eigenvalue weighted by Crippen LogP contribution is 2.47. The molecule has 2 rings (SSSR count). The molecule has 0 aromatic heterocycles. The van der Waals surface area contributed by atoms with Crippen LogP contribution in [0, 0.1) is 11.3 Å². The number of nitrogens with one attached hydrogen (secondary N) is 1. The summed E-state index contributed by atoms with van der Waals surface area (Å²) in [6.45, 7) is 6.07. The molecule has 0 spiro atoms. The van der Waals surface area contributed by atoms with E-state index in [0.717, 1.165) is 24.0 Å². The number of carbonyl (C=O) groups is 1. The molecule has 2 atom stereocenters. The van der Waals surface area contributed by atoms with Crippen LogP contribution in [0.2, 0.25) is 0 Å². The van der Waals surface area contributed by atoms with E-state index < -0.39 is 0 Å². The van der Waals surface area contributed by atoms with Crippen LogP contribution in [0.25, 0.3) is 0 Å². The molecule has 1 fully saturated rings. The Bertz CT molecular complexity index is 496. The SMILES string of the molecule is CN(C)CC(C)(C)CNC(=O)C1CC1c1ccc(Br)cc1. The van der Waals surface area contributed by atoms with E-state index in [1.807, 2.05) is 12.1 Å². The quantitative estimate of drug-likeness (QED) is 0.852. The molecule has 1 aliphatic rings. The molecular formula is C17H25BrN2O. The monoisotopic (exact) mass is 352 g/mol. The van der Waals surface area contributed by atoms with Crippen LogP contribution in [0.1, 0.15) is 31.7 Å². The summed E-state index contributed by atoms with van der Waals surface area (Å²) in [6.07, 6.45) is 0.974. The summed E-state index contributed by atoms with van der Waals surface area (Å²) >= 11 is 3.44. The third-order valence-electron chi connectivity index (χ3n) is 3.91. The van der Waals surface area contributed by atoms with Gasteiger partial charge in [0.25, 0.3) is 0 Å². The molecular weight excluding hydrogens is 328 g/mol. The maximum absolute atomic E-state index is 12.3. The van der Waals surface area contributed by atoms with Crippen molar-refractivity contribution in [3.8, 4) is 0 Å². The van der Waals surface area contributed by atoms with Crippen LogP contribution in [-0.2, 0) is 4.79 Å². The van der Waals surface area contributed by atoms with Crippen LogP contribution < -0.4 is 5.32 Å². The van der Waals surface area contributed by atoms with Gasteiger partial charge >= 0.3 is 0 Å². The number of hydrogen-bond donors (Lipinski definition) is 1. The Kier molecular flexibility index (Phi) is 5.10. The second kappa shape index (κ2) is 6.49. The van der Waals surface area contributed by atoms with Gasteiger partial charge in [0.15, 0.2) is 0 Å². The fourth-order valence-electron chi connectivity index (χ4n) is 2.93. The molecule has 1 aliphatic carbocycles. The summed E-state index contributed by atoms with van der Waals surface area (Å²) < 4.78 is 1.08. The van der Waals surface area contributed by atoms with Crippen LogP contribution >= 0.6 is 15.9 Å². The highest BCUT2D eigenvalue weighted by Gasteiger charge is 2.44. The molecule has 1 amide bonds. The van der Waals surface area contributed by atoms with Gasteiger partial charge in [0, 0.05) is 23.5 Å². The van der Waals surface area contributed by atoms with Crippen molar-refractivity contribution < 1.29 is 4.79 Å². The molecule has 0 saturated heterocycles. The first kappa shape index (κ1) is 16.5. The molecule has 0 heterocycles. The molecule has 2 unspecified atom stereocenters. The Labute approximate surface area is 136 Å². The fourth-order valence-corrected chi connectivity index (χ4v) is 3.20. The lowest BCUT2D eigenvalue weighted by Crippen LogP contribution is -2.40. The van der Waals surface area contributed by atoms with Crippen LogP contribution in [0.4, 0.5) is 0 Å². The number of hydrogen-bond acceptors (Lipinski definition) is 2. The predicted octanol–water partition coefficient (Wildman–Crippen LogP) is 3.26. The van der Waals surface area contributed by atoms with Gasteiger partial charge in [-0.3, -0.25) is 4.79 Å². The average molecular weight is 353 g/mol. The largest absolute Gasteiger partial charge is 0.355 e. The van der Waals surface area contributed by atoms with Crippen molar-refractivity contribution in [1.29, 1.82) is 0 Å². The van der Waals surface area contributed by atoms with Gasteiger partial charge in [-0.15, -0.1) is 0 Å². The normalized spacial score (nSPS) is 21.4. The Hall–Kier alpha value is -0.870. The molecule has 0 radical (unpaired) electrons. The van der Waals surface area contributed by atoms with E-state index >= 15 is 0 Å². The lowest BCUT2D eigenvalue weighted by atomic mass is 9.93. The highest BCUT2D eigenvalue weighted by atomic mass is 79.9. The Balaban J connectivity index is 1.82. The summed E-state index contributed by atoms with van der Waals surface area (Å²) in [5.74, 6) is 0.756. The first-order chi connectivity index (χ1) is 9.78. The van der Waals surface area contributed by atoms with Crippen molar-refractivity contribution in [2.24, 2.45) is 11.3 Å². The Morgan fingerprint density at radius 3 is 2.52 bits per heavy atom. The minimum absolute atomic E-state index is 0.0984. The lowest BCUT2D eigenvalue weighted by Gasteiger charge is -2.28. The van der Waals surface area contributed by atoms with Crippen LogP contribution in [0.15, 0.2) is 28.7 Å². The summed E-state index contributed by atoms with van der Waals surface area (Å²) in [6, 6.07) is 8.31. The van der Waals surface area contributed by atoms with Gasteiger partial charge in [-0.25, -0.2) is 0 Å². The van der Waals surface area contributed by atoms with Crippen LogP contribution in [-0.4, -0.2) is 38.0 Å². The topological polar surface area (TPSA) is 32.3 Å². The zero-order valence-electron chi connectivity index (χ0n) is 13.3. The van der Waals surface area contributed by atoms with Gasteiger partial charge < -0.3 is 10.2 Å². The molecule has 1 aromatic rings. The number of amides is 1. The lowest BCUT2D eigenvalue weighted by molar-refractivity contribution is -0.122. The molecule has 1 saturated carbocycles. The minimum atomic E-state index is 0.0984. The van der Waals surface area contributed by atoms with E-state index in [1.54, 1.807) is 0 Å². The van der Waals surface area contributed by atoms with E-state index in [-0.39, 0.29) is 17.2 Å². The van der Waals surface area contributed by atoms with Crippen LogP contribution in [0.5, 0.6) is 0 Å². The second-order valence-corrected chi connectivity index (χ2v) is 8.04. The smallest absolute Gasteiger partial charge is 0.223 e. The first-order valence-corrected chi connectivity index (χ1v) is 8.26. The number of carbonyl (C=O) groups excluding carboxylic acids is 1. The number of halogens is 1. The van der Waals surface area contributed by atoms with E-state index in [1.165, 1.54) is 5.56 Å². The zero-order chi connectivity index (χ0) is 15.6. The van der Waals surface area contributed by atoms with E-state index in [9.17, 15) is 4.79 Å². The van der Waals surface area contributed by atoms with Crippen molar-refractivity contribution in [2.45, 2.75) is 26.2 Å². The second-order valence-electron chi connectivity index (χ2n) is 7.12. The van der Waals surface area contributed by atoms with Gasteiger partial charge in [-0.05, 0) is 49.5 Å². The number of benzene rings is 1. The molecule has 1 aromatic carbocycles. The summed E-state index contributed by atoms with van der Waals surface area (Å²) in [4.78, 5) is 14.4. The summed E-state index contributed by atoms with van der Waals surface area (Å²) in [5.41, 5.74) is 1.37. The Morgan fingerprint density at radius 1 is 1.33 bits per heavy atom. The van der Waals surface area contributed by atoms with Gasteiger partial charge in [0.1, 0.15) is 0 Å². The molecule has 0 bridgehead atoms. The number of rotatable bonds is 6. The predicted molar refractivity (Wildman–Crippen MR) is 90.3 cm³/mol. The molecule has 4 heteroatoms. The van der Waals surface area contributed by atoms with Crippen molar-refractivity contribution >= 4 is 21.8 Å². The maximum Gasteiger partial charge on any atom is 0.223 e. The first-order valence-electron chi connectivity index (χ1n) is 7.46. The minimum Gasteiger partial charge on any atom is -0.355 e. The van der Waals surface area contributed by atoms with E-state index in [4.69, 9.17) is 0 Å². The van der Waals surface area contributed by atoms with Gasteiger partial charge in [-0.2, -0.15) is 0 Å². The molecule has 3 nitrogen and oxygen atoms in total. The standard InChI is InChI=1S/C17H25BrN2O/c1-17(2,11-20(3)4)10-19-16(21)15-9-14(15)12-5-7-13(18)8-6-12/h5-8,14-15H,9-11H2,1-4H3,(H,19,21).